The largest absolute Gasteiger partial charge is 0.486 e. The van der Waals surface area contributed by atoms with Gasteiger partial charge in [0, 0.05) is 0 Å². The highest BCUT2D eigenvalue weighted by Gasteiger charge is 2.23. The molecule has 1 atom stereocenters. The van der Waals surface area contributed by atoms with Crippen molar-refractivity contribution in [2.75, 3.05) is 12.7 Å². The molecule has 3 nitrogen and oxygen atoms in total. The predicted molar refractivity (Wildman–Crippen MR) is 32.9 cm³/mol. The van der Waals surface area contributed by atoms with Crippen LogP contribution in [0.4, 0.5) is 4.79 Å². The van der Waals surface area contributed by atoms with E-state index in [1.807, 2.05) is 0 Å². The zero-order valence-corrected chi connectivity index (χ0v) is 5.71. The van der Waals surface area contributed by atoms with E-state index in [1.54, 1.807) is 0 Å². The smallest absolute Gasteiger partial charge is 0.267 e. The van der Waals surface area contributed by atoms with Crippen molar-refractivity contribution < 1.29 is 9.90 Å². The third kappa shape index (κ3) is 1.08. The maximum absolute atomic E-state index is 10.2. The van der Waals surface area contributed by atoms with Crippen molar-refractivity contribution in [2.45, 2.75) is 6.04 Å². The molecule has 1 rings (SSSR count). The molecule has 0 aromatic carbocycles. The van der Waals surface area contributed by atoms with Gasteiger partial charge in [0.1, 0.15) is 0 Å². The fourth-order valence-corrected chi connectivity index (χ4v) is 2.60. The van der Waals surface area contributed by atoms with Gasteiger partial charge in [0.25, 0.3) is 5.59 Å². The molecule has 0 radical (unpaired) electrons. The number of hydrogen-bond acceptors (Lipinski definition) is 2. The van der Waals surface area contributed by atoms with Crippen molar-refractivity contribution in [1.29, 1.82) is 0 Å². The Bertz CT molecular complexity index is 100. The first-order valence-corrected chi connectivity index (χ1v) is 4.95. The molecule has 1 fully saturated rings. The molecule has 0 spiro atoms. The van der Waals surface area contributed by atoms with Crippen LogP contribution in [0.2, 0.25) is 6.04 Å². The van der Waals surface area contributed by atoms with Crippen LogP contribution in [0.5, 0.6) is 0 Å². The number of rotatable bonds is 1. The predicted octanol–water partition coefficient (Wildman–Crippen LogP) is -0.384. The highest BCUT2D eigenvalue weighted by molar-refractivity contribution is 6.88. The maximum Gasteiger partial charge on any atom is 0.267 e. The van der Waals surface area contributed by atoms with Crippen LogP contribution in [-0.4, -0.2) is 32.2 Å². The second kappa shape index (κ2) is 2.28. The van der Waals surface area contributed by atoms with Crippen LogP contribution >= 0.6 is 0 Å². The lowest BCUT2D eigenvalue weighted by Crippen LogP contribution is -2.26. The summed E-state index contributed by atoms with van der Waals surface area (Å²) in [5.74, 6) is 0. The van der Waals surface area contributed by atoms with Crippen molar-refractivity contribution in [1.82, 2.24) is 5.32 Å². The molecule has 2 N–H and O–H groups in total. The quantitative estimate of drug-likeness (QED) is 0.477. The van der Waals surface area contributed by atoms with Crippen molar-refractivity contribution in [3.05, 3.63) is 0 Å². The molecule has 0 aromatic heterocycles. The molecule has 1 heterocycles. The van der Waals surface area contributed by atoms with Gasteiger partial charge in [0.05, 0.1) is 0 Å². The summed E-state index contributed by atoms with van der Waals surface area (Å²) in [5.41, 5.74) is -0.532. The summed E-state index contributed by atoms with van der Waals surface area (Å²) in [7, 11) is -1.35. The molecular formula is C4H9NO2Si. The van der Waals surface area contributed by atoms with Crippen LogP contribution in [0.15, 0.2) is 0 Å². The van der Waals surface area contributed by atoms with Gasteiger partial charge in [-0.2, -0.15) is 0 Å². The second-order valence-corrected chi connectivity index (χ2v) is 4.90. The van der Waals surface area contributed by atoms with Crippen LogP contribution in [-0.2, 0) is 0 Å². The molecule has 46 valence electrons. The Kier molecular flexibility index (Phi) is 1.64. The number of nitrogens with one attached hydrogen (secondary N) is 1. The first-order valence-electron chi connectivity index (χ1n) is 2.74. The van der Waals surface area contributed by atoms with E-state index in [9.17, 15) is 4.79 Å². The molecule has 4 heteroatoms. The fourth-order valence-electron chi connectivity index (χ4n) is 0.865. The lowest BCUT2D eigenvalue weighted by Gasteiger charge is -1.93. The highest BCUT2D eigenvalue weighted by Crippen LogP contribution is 1.97. The first kappa shape index (κ1) is 5.78. The molecule has 0 saturated carbocycles. The molecule has 1 aliphatic heterocycles. The lowest BCUT2D eigenvalue weighted by atomic mass is 10.8. The van der Waals surface area contributed by atoms with E-state index in [1.165, 1.54) is 0 Å². The minimum absolute atomic E-state index is 0.532. The van der Waals surface area contributed by atoms with Gasteiger partial charge >= 0.3 is 0 Å². The monoisotopic (exact) mass is 131 g/mol. The topological polar surface area (TPSA) is 49.3 Å². The van der Waals surface area contributed by atoms with Gasteiger partial charge in [-0.05, 0) is 18.8 Å². The SMILES string of the molecule is O=C(O)[SiH]1CCNC1. The van der Waals surface area contributed by atoms with Crippen molar-refractivity contribution in [3.8, 4) is 0 Å². The summed E-state index contributed by atoms with van der Waals surface area (Å²) in [4.78, 5) is 10.2. The molecule has 0 amide bonds. The van der Waals surface area contributed by atoms with Crippen LogP contribution in [0.25, 0.3) is 0 Å². The molecule has 0 aliphatic carbocycles. The molecule has 1 unspecified atom stereocenters. The Morgan fingerprint density at radius 1 is 1.75 bits per heavy atom. The zero-order valence-electron chi connectivity index (χ0n) is 4.55. The van der Waals surface area contributed by atoms with Gasteiger partial charge in [0.2, 0.25) is 0 Å². The van der Waals surface area contributed by atoms with Crippen molar-refractivity contribution in [3.63, 3.8) is 0 Å². The van der Waals surface area contributed by atoms with Gasteiger partial charge < -0.3 is 10.4 Å². The van der Waals surface area contributed by atoms with Crippen LogP contribution in [0.3, 0.4) is 0 Å². The standard InChI is InChI=1S/C4H9NO2Si/c6-4(7)8-2-1-5-3-8/h5,8H,1-3H2,(H,6,7). The van der Waals surface area contributed by atoms with Gasteiger partial charge in [-0.3, -0.25) is 4.79 Å². The number of carbonyl (C=O) groups is 1. The molecule has 1 aliphatic rings. The van der Waals surface area contributed by atoms with Gasteiger partial charge in [0.15, 0.2) is 8.80 Å². The average molecular weight is 131 g/mol. The first-order chi connectivity index (χ1) is 3.80. The Labute approximate surface area is 49.3 Å². The molecule has 1 saturated heterocycles. The summed E-state index contributed by atoms with van der Waals surface area (Å²) in [6.07, 6.45) is 0.787. The van der Waals surface area contributed by atoms with E-state index < -0.39 is 14.4 Å². The van der Waals surface area contributed by atoms with Crippen LogP contribution in [0.1, 0.15) is 0 Å². The Hall–Kier alpha value is -0.353. The lowest BCUT2D eigenvalue weighted by molar-refractivity contribution is 0.219. The number of hydrogen-bond donors (Lipinski definition) is 2. The third-order valence-corrected chi connectivity index (χ3v) is 3.88. The molecular weight excluding hydrogens is 122 g/mol. The van der Waals surface area contributed by atoms with E-state index in [0.717, 1.165) is 18.8 Å². The normalized spacial score (nSPS) is 28.2. The molecule has 8 heavy (non-hydrogen) atoms. The maximum atomic E-state index is 10.2. The summed E-state index contributed by atoms with van der Waals surface area (Å²) in [6.45, 7) is 0.920. The summed E-state index contributed by atoms with van der Waals surface area (Å²) >= 11 is 0. The average Bonchev–Trinajstić information content (AvgIpc) is 2.12. The molecule has 0 aromatic rings. The fraction of sp³-hybridized carbons (Fsp3) is 0.750. The number of carboxylic acid groups (broad SMARTS) is 1. The Balaban J connectivity index is 2.35. The van der Waals surface area contributed by atoms with Crippen molar-refractivity contribution >= 4 is 14.4 Å². The van der Waals surface area contributed by atoms with E-state index in [-0.39, 0.29) is 0 Å². The summed E-state index contributed by atoms with van der Waals surface area (Å²) in [6, 6.07) is 0.926. The summed E-state index contributed by atoms with van der Waals surface area (Å²) in [5, 5.41) is 11.5. The van der Waals surface area contributed by atoms with E-state index in [4.69, 9.17) is 5.11 Å². The Morgan fingerprint density at radius 2 is 2.50 bits per heavy atom. The molecule has 0 bridgehead atoms. The van der Waals surface area contributed by atoms with Crippen molar-refractivity contribution in [2.24, 2.45) is 0 Å². The van der Waals surface area contributed by atoms with Crippen LogP contribution < -0.4 is 5.32 Å². The van der Waals surface area contributed by atoms with Gasteiger partial charge in [-0.25, -0.2) is 0 Å². The van der Waals surface area contributed by atoms with Crippen LogP contribution in [0, 0.1) is 0 Å². The zero-order chi connectivity index (χ0) is 5.98. The summed E-state index contributed by atoms with van der Waals surface area (Å²) < 4.78 is 0. The minimum Gasteiger partial charge on any atom is -0.486 e. The van der Waals surface area contributed by atoms with E-state index in [0.29, 0.717) is 0 Å². The van der Waals surface area contributed by atoms with Gasteiger partial charge in [-0.15, -0.1) is 0 Å². The third-order valence-electron chi connectivity index (χ3n) is 1.41. The van der Waals surface area contributed by atoms with E-state index >= 15 is 0 Å². The minimum atomic E-state index is -1.35. The van der Waals surface area contributed by atoms with Gasteiger partial charge in [-0.1, -0.05) is 0 Å². The Morgan fingerprint density at radius 3 is 2.75 bits per heavy atom. The van der Waals surface area contributed by atoms with E-state index in [2.05, 4.69) is 5.32 Å². The second-order valence-electron chi connectivity index (χ2n) is 2.03. The highest BCUT2D eigenvalue weighted by atomic mass is 28.3.